The van der Waals surface area contributed by atoms with Crippen molar-refractivity contribution in [1.82, 2.24) is 9.62 Å². The molecule has 0 aromatic heterocycles. The maximum atomic E-state index is 13.1. The minimum atomic E-state index is -3.97. The summed E-state index contributed by atoms with van der Waals surface area (Å²) in [4.78, 5) is 23.9. The molecule has 1 saturated heterocycles. The van der Waals surface area contributed by atoms with Crippen LogP contribution in [0.4, 0.5) is 0 Å². The number of carboxylic acid groups (broad SMARTS) is 1. The van der Waals surface area contributed by atoms with Crippen LogP contribution in [-0.2, 0) is 19.6 Å². The van der Waals surface area contributed by atoms with Crippen LogP contribution in [0.5, 0.6) is 11.5 Å². The molecule has 0 radical (unpaired) electrons. The van der Waals surface area contributed by atoms with E-state index >= 15 is 0 Å². The van der Waals surface area contributed by atoms with Gasteiger partial charge < -0.3 is 19.9 Å². The highest BCUT2D eigenvalue weighted by molar-refractivity contribution is 7.89. The monoisotopic (exact) mass is 414 g/mol. The highest BCUT2D eigenvalue weighted by Gasteiger charge is 2.40. The van der Waals surface area contributed by atoms with Gasteiger partial charge in [-0.15, -0.1) is 0 Å². The minimum Gasteiger partial charge on any atom is -0.493 e. The van der Waals surface area contributed by atoms with Crippen LogP contribution in [0.3, 0.4) is 0 Å². The first-order chi connectivity index (χ1) is 13.3. The van der Waals surface area contributed by atoms with Crippen molar-refractivity contribution >= 4 is 21.9 Å². The third-order valence-corrected chi connectivity index (χ3v) is 6.56. The molecule has 2 atom stereocenters. The van der Waals surface area contributed by atoms with Crippen molar-refractivity contribution < 1.29 is 32.6 Å². The Labute approximate surface area is 164 Å². The Bertz CT molecular complexity index is 825. The molecule has 10 heteroatoms. The quantitative estimate of drug-likeness (QED) is 0.623. The molecule has 9 nitrogen and oxygen atoms in total. The third-order valence-electron chi connectivity index (χ3n) is 4.66. The molecule has 0 aliphatic carbocycles. The van der Waals surface area contributed by atoms with Crippen molar-refractivity contribution in [3.05, 3.63) is 18.2 Å². The Hall–Kier alpha value is -2.33. The van der Waals surface area contributed by atoms with Gasteiger partial charge >= 0.3 is 5.97 Å². The van der Waals surface area contributed by atoms with Gasteiger partial charge in [0.05, 0.1) is 19.1 Å². The Morgan fingerprint density at radius 3 is 2.54 bits per heavy atom. The van der Waals surface area contributed by atoms with Gasteiger partial charge in [0.15, 0.2) is 11.5 Å². The lowest BCUT2D eigenvalue weighted by atomic mass is 10.1. The van der Waals surface area contributed by atoms with E-state index in [1.54, 1.807) is 0 Å². The zero-order chi connectivity index (χ0) is 20.9. The van der Waals surface area contributed by atoms with E-state index in [4.69, 9.17) is 9.47 Å². The van der Waals surface area contributed by atoms with E-state index in [-0.39, 0.29) is 23.6 Å². The van der Waals surface area contributed by atoms with Crippen molar-refractivity contribution in [3.63, 3.8) is 0 Å². The molecule has 1 aliphatic heterocycles. The van der Waals surface area contributed by atoms with Gasteiger partial charge in [-0.3, -0.25) is 4.79 Å². The molecule has 1 amide bonds. The molecule has 1 heterocycles. The summed E-state index contributed by atoms with van der Waals surface area (Å²) < 4.78 is 37.6. The van der Waals surface area contributed by atoms with Crippen LogP contribution < -0.4 is 14.8 Å². The standard InChI is InChI=1S/C18H26N2O7S/c1-4-6-13(18(22)23)19-17(21)14-7-5-10-20(14)28(24,25)12-8-9-15(26-2)16(11-12)27-3/h8-9,11,13-14H,4-7,10H2,1-3H3,(H,19,21)(H,22,23). The van der Waals surface area contributed by atoms with Gasteiger partial charge in [0, 0.05) is 12.6 Å². The molecule has 1 aromatic carbocycles. The van der Waals surface area contributed by atoms with Crippen LogP contribution >= 0.6 is 0 Å². The first kappa shape index (κ1) is 22.0. The fourth-order valence-corrected chi connectivity index (χ4v) is 4.89. The fourth-order valence-electron chi connectivity index (χ4n) is 3.22. The summed E-state index contributed by atoms with van der Waals surface area (Å²) in [5.74, 6) is -1.08. The van der Waals surface area contributed by atoms with Crippen LogP contribution in [-0.4, -0.2) is 62.6 Å². The van der Waals surface area contributed by atoms with Gasteiger partial charge in [-0.2, -0.15) is 4.31 Å². The minimum absolute atomic E-state index is 0.0202. The summed E-state index contributed by atoms with van der Waals surface area (Å²) in [6.07, 6.45) is 1.69. The van der Waals surface area contributed by atoms with E-state index in [0.717, 1.165) is 4.31 Å². The molecule has 2 unspecified atom stereocenters. The fraction of sp³-hybridized carbons (Fsp3) is 0.556. The number of hydrogen-bond acceptors (Lipinski definition) is 6. The van der Waals surface area contributed by atoms with Crippen molar-refractivity contribution in [1.29, 1.82) is 0 Å². The third kappa shape index (κ3) is 4.56. The van der Waals surface area contributed by atoms with E-state index in [9.17, 15) is 23.1 Å². The first-order valence-electron chi connectivity index (χ1n) is 9.03. The molecular weight excluding hydrogens is 388 g/mol. The molecule has 156 valence electrons. The second-order valence-corrected chi connectivity index (χ2v) is 8.37. The number of hydrogen-bond donors (Lipinski definition) is 2. The lowest BCUT2D eigenvalue weighted by molar-refractivity contribution is -0.142. The maximum absolute atomic E-state index is 13.1. The predicted octanol–water partition coefficient (Wildman–Crippen LogP) is 1.23. The maximum Gasteiger partial charge on any atom is 0.326 e. The van der Waals surface area contributed by atoms with E-state index in [0.29, 0.717) is 25.0 Å². The number of benzene rings is 1. The topological polar surface area (TPSA) is 122 Å². The van der Waals surface area contributed by atoms with Gasteiger partial charge in [0.1, 0.15) is 12.1 Å². The van der Waals surface area contributed by atoms with Crippen LogP contribution in [0.15, 0.2) is 23.1 Å². The van der Waals surface area contributed by atoms with E-state index in [1.165, 1.54) is 32.4 Å². The predicted molar refractivity (Wildman–Crippen MR) is 101 cm³/mol. The molecular formula is C18H26N2O7S. The number of ether oxygens (including phenoxy) is 2. The number of sulfonamides is 1. The van der Waals surface area contributed by atoms with Crippen LogP contribution in [0.1, 0.15) is 32.6 Å². The van der Waals surface area contributed by atoms with Crippen molar-refractivity contribution in [2.75, 3.05) is 20.8 Å². The normalized spacial score (nSPS) is 18.5. The number of methoxy groups -OCH3 is 2. The van der Waals surface area contributed by atoms with E-state index < -0.39 is 34.0 Å². The van der Waals surface area contributed by atoms with Gasteiger partial charge in [-0.05, 0) is 31.4 Å². The second-order valence-electron chi connectivity index (χ2n) is 6.48. The Balaban J connectivity index is 2.27. The molecule has 28 heavy (non-hydrogen) atoms. The number of rotatable bonds is 9. The van der Waals surface area contributed by atoms with Crippen molar-refractivity contribution in [3.8, 4) is 11.5 Å². The Kier molecular flexibility index (Phi) is 7.25. The molecule has 2 N–H and O–H groups in total. The van der Waals surface area contributed by atoms with Crippen LogP contribution in [0, 0.1) is 0 Å². The largest absolute Gasteiger partial charge is 0.493 e. The zero-order valence-electron chi connectivity index (χ0n) is 16.2. The van der Waals surface area contributed by atoms with Gasteiger partial charge in [0.2, 0.25) is 15.9 Å². The number of nitrogens with one attached hydrogen (secondary N) is 1. The summed E-state index contributed by atoms with van der Waals surface area (Å²) in [6, 6.07) is 2.23. The molecule has 0 saturated carbocycles. The highest BCUT2D eigenvalue weighted by atomic mass is 32.2. The molecule has 1 aliphatic rings. The van der Waals surface area contributed by atoms with Crippen LogP contribution in [0.25, 0.3) is 0 Å². The number of aliphatic carboxylic acids is 1. The molecule has 0 bridgehead atoms. The number of nitrogens with zero attached hydrogens (tertiary/aromatic N) is 1. The summed E-state index contributed by atoms with van der Waals surface area (Å²) >= 11 is 0. The number of carboxylic acids is 1. The van der Waals surface area contributed by atoms with Gasteiger partial charge in [-0.1, -0.05) is 13.3 Å². The second kappa shape index (κ2) is 9.24. The first-order valence-corrected chi connectivity index (χ1v) is 10.5. The molecule has 1 fully saturated rings. The zero-order valence-corrected chi connectivity index (χ0v) is 17.0. The SMILES string of the molecule is CCCC(NC(=O)C1CCCN1S(=O)(=O)c1ccc(OC)c(OC)c1)C(=O)O. The Morgan fingerprint density at radius 2 is 1.96 bits per heavy atom. The number of amides is 1. The number of carbonyl (C=O) groups excluding carboxylic acids is 1. The van der Waals surface area contributed by atoms with Gasteiger partial charge in [0.25, 0.3) is 0 Å². The average molecular weight is 414 g/mol. The number of carbonyl (C=O) groups is 2. The average Bonchev–Trinajstić information content (AvgIpc) is 3.17. The summed E-state index contributed by atoms with van der Waals surface area (Å²) in [7, 11) is -1.12. The summed E-state index contributed by atoms with van der Waals surface area (Å²) in [5, 5.41) is 11.7. The van der Waals surface area contributed by atoms with Crippen molar-refractivity contribution in [2.24, 2.45) is 0 Å². The Morgan fingerprint density at radius 1 is 1.29 bits per heavy atom. The summed E-state index contributed by atoms with van der Waals surface area (Å²) in [6.45, 7) is 1.99. The molecule has 2 rings (SSSR count). The smallest absolute Gasteiger partial charge is 0.326 e. The molecule has 0 spiro atoms. The van der Waals surface area contributed by atoms with Crippen molar-refractivity contribution in [2.45, 2.75) is 49.6 Å². The van der Waals surface area contributed by atoms with E-state index in [2.05, 4.69) is 5.32 Å². The summed E-state index contributed by atoms with van der Waals surface area (Å²) in [5.41, 5.74) is 0. The van der Waals surface area contributed by atoms with E-state index in [1.807, 2.05) is 6.92 Å². The lowest BCUT2D eigenvalue weighted by Gasteiger charge is -2.25. The molecule has 1 aromatic rings. The van der Waals surface area contributed by atoms with Crippen LogP contribution in [0.2, 0.25) is 0 Å². The van der Waals surface area contributed by atoms with Gasteiger partial charge in [-0.25, -0.2) is 13.2 Å². The lowest BCUT2D eigenvalue weighted by Crippen LogP contribution is -2.50. The highest BCUT2D eigenvalue weighted by Crippen LogP contribution is 2.33.